The van der Waals surface area contributed by atoms with Crippen molar-refractivity contribution in [1.82, 2.24) is 0 Å². The van der Waals surface area contributed by atoms with Gasteiger partial charge in [0.2, 0.25) is 0 Å². The summed E-state index contributed by atoms with van der Waals surface area (Å²) in [7, 11) is 0. The quantitative estimate of drug-likeness (QED) is 0.422. The fourth-order valence-electron chi connectivity index (χ4n) is 5.21. The zero-order valence-corrected chi connectivity index (χ0v) is 22.1. The summed E-state index contributed by atoms with van der Waals surface area (Å²) in [6.07, 6.45) is 3.74. The average molecular weight is 567 g/mol. The van der Waals surface area contributed by atoms with Crippen LogP contribution >= 0.6 is 15.9 Å². The first-order valence-electron chi connectivity index (χ1n) is 12.5. The number of ether oxygens (including phenoxy) is 3. The summed E-state index contributed by atoms with van der Waals surface area (Å²) in [5, 5.41) is 9.12. The minimum absolute atomic E-state index is 0.0235. The Morgan fingerprint density at radius 2 is 1.59 bits per heavy atom. The number of rotatable bonds is 7. The summed E-state index contributed by atoms with van der Waals surface area (Å²) in [6.45, 7) is 2.48. The first kappa shape index (κ1) is 25.3. The van der Waals surface area contributed by atoms with Gasteiger partial charge >= 0.3 is 5.97 Å². The SMILES string of the molecule is CCOc1cc(C2C3=C(CCCC3=O)OC3=C2C(=O)CCC3)cc(Br)c1OCc1ccc(C(=O)O)cc1. The molecule has 8 heteroatoms. The Bertz CT molecular complexity index is 1290. The number of ketones is 2. The Hall–Kier alpha value is -3.39. The summed E-state index contributed by atoms with van der Waals surface area (Å²) >= 11 is 3.63. The second kappa shape index (κ2) is 10.5. The molecule has 0 radical (unpaired) electrons. The molecule has 2 aromatic carbocycles. The fraction of sp³-hybridized carbons (Fsp3) is 0.345. The van der Waals surface area contributed by atoms with Crippen molar-refractivity contribution in [2.24, 2.45) is 0 Å². The topological polar surface area (TPSA) is 99.1 Å². The maximum atomic E-state index is 13.1. The molecule has 0 fully saturated rings. The molecular weight excluding hydrogens is 540 g/mol. The molecule has 0 amide bonds. The molecule has 1 heterocycles. The van der Waals surface area contributed by atoms with Crippen LogP contribution in [0.3, 0.4) is 0 Å². The van der Waals surface area contributed by atoms with Crippen LogP contribution in [-0.2, 0) is 20.9 Å². The van der Waals surface area contributed by atoms with Gasteiger partial charge in [-0.3, -0.25) is 9.59 Å². The summed E-state index contributed by atoms with van der Waals surface area (Å²) in [5.41, 5.74) is 2.96. The number of carboxylic acid groups (broad SMARTS) is 1. The maximum Gasteiger partial charge on any atom is 0.335 e. The van der Waals surface area contributed by atoms with Crippen molar-refractivity contribution in [3.8, 4) is 11.5 Å². The molecule has 0 aromatic heterocycles. The van der Waals surface area contributed by atoms with Crippen molar-refractivity contribution in [3.05, 3.63) is 80.2 Å². The van der Waals surface area contributed by atoms with Gasteiger partial charge in [-0.2, -0.15) is 0 Å². The van der Waals surface area contributed by atoms with Crippen molar-refractivity contribution < 1.29 is 33.7 Å². The van der Waals surface area contributed by atoms with Crippen LogP contribution in [0.25, 0.3) is 0 Å². The van der Waals surface area contributed by atoms with E-state index >= 15 is 0 Å². The number of carbonyl (C=O) groups excluding carboxylic acids is 2. The molecule has 0 spiro atoms. The maximum absolute atomic E-state index is 13.1. The molecule has 0 unspecified atom stereocenters. The predicted octanol–water partition coefficient (Wildman–Crippen LogP) is 6.25. The normalized spacial score (nSPS) is 17.8. The highest BCUT2D eigenvalue weighted by Crippen LogP contribution is 2.50. The molecule has 5 rings (SSSR count). The number of halogens is 1. The van der Waals surface area contributed by atoms with Crippen molar-refractivity contribution in [1.29, 1.82) is 0 Å². The lowest BCUT2D eigenvalue weighted by atomic mass is 9.73. The van der Waals surface area contributed by atoms with Gasteiger partial charge in [-0.25, -0.2) is 4.79 Å². The first-order chi connectivity index (χ1) is 17.9. The Morgan fingerprint density at radius 3 is 2.16 bits per heavy atom. The lowest BCUT2D eigenvalue weighted by Crippen LogP contribution is -2.30. The Balaban J connectivity index is 1.52. The van der Waals surface area contributed by atoms with Gasteiger partial charge < -0.3 is 19.3 Å². The monoisotopic (exact) mass is 566 g/mol. The molecule has 0 atom stereocenters. The van der Waals surface area contributed by atoms with Crippen molar-refractivity contribution >= 4 is 33.5 Å². The minimum Gasteiger partial charge on any atom is -0.490 e. The van der Waals surface area contributed by atoms with Crippen molar-refractivity contribution in [3.63, 3.8) is 0 Å². The standard InChI is InChI=1S/C29H27BrO7/c1-2-35-24-14-18(13-19(30)28(24)36-15-16-9-11-17(12-10-16)29(33)34)25-26-20(31)5-3-7-22(26)37-23-8-4-6-21(32)27(23)25/h9-14,25H,2-8,15H2,1H3,(H,33,34). The number of Topliss-reactive ketones (excluding diaryl/α,β-unsaturated/α-hetero) is 2. The van der Waals surface area contributed by atoms with E-state index in [9.17, 15) is 14.4 Å². The van der Waals surface area contributed by atoms with Gasteiger partial charge in [0, 0.05) is 42.7 Å². The third-order valence-electron chi connectivity index (χ3n) is 6.89. The zero-order valence-electron chi connectivity index (χ0n) is 20.5. The van der Waals surface area contributed by atoms with E-state index in [0.29, 0.717) is 70.9 Å². The fourth-order valence-corrected chi connectivity index (χ4v) is 5.78. The van der Waals surface area contributed by atoms with Gasteiger partial charge in [-0.05, 0) is 71.1 Å². The van der Waals surface area contributed by atoms with Crippen LogP contribution in [0, 0.1) is 0 Å². The largest absolute Gasteiger partial charge is 0.490 e. The summed E-state index contributed by atoms with van der Waals surface area (Å²) in [5.74, 6) is 0.938. The van der Waals surface area contributed by atoms with Crippen LogP contribution < -0.4 is 9.47 Å². The number of carboxylic acids is 1. The van der Waals surface area contributed by atoms with Crippen LogP contribution in [0.2, 0.25) is 0 Å². The van der Waals surface area contributed by atoms with Crippen molar-refractivity contribution in [2.75, 3.05) is 6.61 Å². The second-order valence-corrected chi connectivity index (χ2v) is 10.2. The van der Waals surface area contributed by atoms with Crippen molar-refractivity contribution in [2.45, 2.75) is 58.0 Å². The Kier molecular flexibility index (Phi) is 7.20. The third kappa shape index (κ3) is 4.94. The summed E-state index contributed by atoms with van der Waals surface area (Å²) in [4.78, 5) is 37.3. The average Bonchev–Trinajstić information content (AvgIpc) is 2.87. The van der Waals surface area contributed by atoms with Gasteiger partial charge in [-0.15, -0.1) is 0 Å². The van der Waals surface area contributed by atoms with Crippen LogP contribution in [0.5, 0.6) is 11.5 Å². The van der Waals surface area contributed by atoms with E-state index in [-0.39, 0.29) is 23.7 Å². The molecule has 0 saturated carbocycles. The van der Waals surface area contributed by atoms with E-state index in [1.165, 1.54) is 12.1 Å². The number of benzene rings is 2. The van der Waals surface area contributed by atoms with Gasteiger partial charge in [0.25, 0.3) is 0 Å². The van der Waals surface area contributed by atoms with E-state index < -0.39 is 11.9 Å². The molecule has 2 aromatic rings. The van der Waals surface area contributed by atoms with Gasteiger partial charge in [-0.1, -0.05) is 12.1 Å². The lowest BCUT2D eigenvalue weighted by molar-refractivity contribution is -0.117. The number of aromatic carboxylic acids is 1. The summed E-state index contributed by atoms with van der Waals surface area (Å²) in [6, 6.07) is 10.2. The van der Waals surface area contributed by atoms with E-state index in [1.54, 1.807) is 12.1 Å². The first-order valence-corrected chi connectivity index (χ1v) is 13.3. The molecular formula is C29H27BrO7. The van der Waals surface area contributed by atoms with E-state index in [4.69, 9.17) is 19.3 Å². The molecule has 3 aliphatic rings. The minimum atomic E-state index is -0.984. The Morgan fingerprint density at radius 1 is 0.973 bits per heavy atom. The molecule has 1 N–H and O–H groups in total. The van der Waals surface area contributed by atoms with Crippen LogP contribution in [0.1, 0.15) is 72.9 Å². The van der Waals surface area contributed by atoms with Gasteiger partial charge in [0.15, 0.2) is 23.1 Å². The number of hydrogen-bond acceptors (Lipinski definition) is 6. The molecule has 1 aliphatic heterocycles. The molecule has 192 valence electrons. The van der Waals surface area contributed by atoms with E-state index in [0.717, 1.165) is 24.0 Å². The van der Waals surface area contributed by atoms with E-state index in [2.05, 4.69) is 15.9 Å². The highest BCUT2D eigenvalue weighted by atomic mass is 79.9. The smallest absolute Gasteiger partial charge is 0.335 e. The highest BCUT2D eigenvalue weighted by molar-refractivity contribution is 9.10. The summed E-state index contributed by atoms with van der Waals surface area (Å²) < 4.78 is 18.8. The second-order valence-electron chi connectivity index (χ2n) is 9.32. The predicted molar refractivity (Wildman–Crippen MR) is 139 cm³/mol. The van der Waals surface area contributed by atoms with Crippen LogP contribution in [0.15, 0.2) is 63.5 Å². The number of allylic oxidation sites excluding steroid dienone is 4. The number of carbonyl (C=O) groups is 3. The van der Waals surface area contributed by atoms with Crippen LogP contribution in [-0.4, -0.2) is 29.2 Å². The zero-order chi connectivity index (χ0) is 26.1. The number of hydrogen-bond donors (Lipinski definition) is 1. The van der Waals surface area contributed by atoms with E-state index in [1.807, 2.05) is 19.1 Å². The van der Waals surface area contributed by atoms with Gasteiger partial charge in [0.05, 0.1) is 16.6 Å². The molecule has 0 saturated heterocycles. The molecule has 37 heavy (non-hydrogen) atoms. The molecule has 2 aliphatic carbocycles. The molecule has 0 bridgehead atoms. The Labute approximate surface area is 223 Å². The lowest BCUT2D eigenvalue weighted by Gasteiger charge is -2.36. The highest BCUT2D eigenvalue weighted by Gasteiger charge is 2.42. The van der Waals surface area contributed by atoms with Crippen LogP contribution in [0.4, 0.5) is 0 Å². The third-order valence-corrected chi connectivity index (χ3v) is 7.48. The van der Waals surface area contributed by atoms with Gasteiger partial charge in [0.1, 0.15) is 18.1 Å². The molecule has 7 nitrogen and oxygen atoms in total.